The highest BCUT2D eigenvalue weighted by molar-refractivity contribution is 9.10. The number of benzene rings is 1. The number of allylic oxidation sites excluding steroid dienone is 1. The number of amides is 1. The number of carbonyl (C=O) groups is 1. The summed E-state index contributed by atoms with van der Waals surface area (Å²) in [6, 6.07) is 7.41. The highest BCUT2D eigenvalue weighted by Crippen LogP contribution is 2.36. The summed E-state index contributed by atoms with van der Waals surface area (Å²) in [6.07, 6.45) is 1.04. The maximum atomic E-state index is 12.1. The van der Waals surface area contributed by atoms with E-state index in [4.69, 9.17) is 5.73 Å². The van der Waals surface area contributed by atoms with Crippen LogP contribution < -0.4 is 11.1 Å². The van der Waals surface area contributed by atoms with E-state index in [0.29, 0.717) is 22.4 Å². The lowest BCUT2D eigenvalue weighted by Crippen LogP contribution is -2.31. The SMILES string of the molecule is CCCSc1nc2n(n1)C(c1cccc(Br)c1)C(C(N)=O)=C(C)N2. The van der Waals surface area contributed by atoms with Crippen molar-refractivity contribution in [2.75, 3.05) is 11.1 Å². The molecule has 24 heavy (non-hydrogen) atoms. The summed E-state index contributed by atoms with van der Waals surface area (Å²) in [5.41, 5.74) is 7.79. The molecule has 3 rings (SSSR count). The average Bonchev–Trinajstić information content (AvgIpc) is 2.93. The summed E-state index contributed by atoms with van der Waals surface area (Å²) in [5, 5.41) is 8.43. The third-order valence-corrected chi connectivity index (χ3v) is 5.24. The van der Waals surface area contributed by atoms with Gasteiger partial charge in [-0.3, -0.25) is 4.79 Å². The van der Waals surface area contributed by atoms with Gasteiger partial charge in [-0.25, -0.2) is 4.68 Å². The number of rotatable bonds is 5. The van der Waals surface area contributed by atoms with Crippen molar-refractivity contribution in [2.24, 2.45) is 5.73 Å². The Kier molecular flexibility index (Phi) is 4.96. The van der Waals surface area contributed by atoms with Crippen molar-refractivity contribution >= 4 is 39.5 Å². The van der Waals surface area contributed by atoms with Crippen LogP contribution in [0.4, 0.5) is 5.95 Å². The predicted molar refractivity (Wildman–Crippen MR) is 98.8 cm³/mol. The number of thioether (sulfide) groups is 1. The minimum absolute atomic E-state index is 0.389. The lowest BCUT2D eigenvalue weighted by atomic mass is 9.95. The van der Waals surface area contributed by atoms with Crippen LogP contribution in [0.15, 0.2) is 45.2 Å². The molecular weight excluding hydrogens is 390 g/mol. The van der Waals surface area contributed by atoms with Crippen molar-refractivity contribution in [1.29, 1.82) is 0 Å². The van der Waals surface area contributed by atoms with Crippen LogP contribution in [0.25, 0.3) is 0 Å². The zero-order chi connectivity index (χ0) is 17.3. The molecule has 0 radical (unpaired) electrons. The fourth-order valence-corrected chi connectivity index (χ4v) is 3.79. The van der Waals surface area contributed by atoms with Crippen LogP contribution in [0.1, 0.15) is 31.9 Å². The molecule has 2 heterocycles. The number of aromatic nitrogens is 3. The largest absolute Gasteiger partial charge is 0.366 e. The van der Waals surface area contributed by atoms with E-state index in [9.17, 15) is 4.79 Å². The standard InChI is InChI=1S/C16H18BrN5OS/c1-3-7-24-16-20-15-19-9(2)12(14(18)23)13(22(15)21-16)10-5-4-6-11(17)8-10/h4-6,8,13H,3,7H2,1-2H3,(H2,18,23)(H,19,20,21). The minimum atomic E-state index is -0.464. The second kappa shape index (κ2) is 6.98. The summed E-state index contributed by atoms with van der Waals surface area (Å²) in [7, 11) is 0. The molecule has 8 heteroatoms. The molecule has 0 aliphatic carbocycles. The van der Waals surface area contributed by atoms with E-state index in [1.165, 1.54) is 0 Å². The van der Waals surface area contributed by atoms with E-state index in [2.05, 4.69) is 38.3 Å². The van der Waals surface area contributed by atoms with Gasteiger partial charge in [0.1, 0.15) is 6.04 Å². The first-order valence-corrected chi connectivity index (χ1v) is 9.41. The van der Waals surface area contributed by atoms with Crippen LogP contribution >= 0.6 is 27.7 Å². The van der Waals surface area contributed by atoms with Gasteiger partial charge in [0.15, 0.2) is 0 Å². The fourth-order valence-electron chi connectivity index (χ4n) is 2.69. The van der Waals surface area contributed by atoms with Gasteiger partial charge >= 0.3 is 0 Å². The van der Waals surface area contributed by atoms with Crippen molar-refractivity contribution < 1.29 is 4.79 Å². The summed E-state index contributed by atoms with van der Waals surface area (Å²) < 4.78 is 2.68. The molecule has 126 valence electrons. The van der Waals surface area contributed by atoms with Gasteiger partial charge in [0, 0.05) is 15.9 Å². The third-order valence-electron chi connectivity index (χ3n) is 3.70. The van der Waals surface area contributed by atoms with Crippen molar-refractivity contribution in [3.05, 3.63) is 45.6 Å². The van der Waals surface area contributed by atoms with Gasteiger partial charge in [-0.2, -0.15) is 4.98 Å². The second-order valence-electron chi connectivity index (χ2n) is 5.50. The van der Waals surface area contributed by atoms with Gasteiger partial charge in [-0.05, 0) is 31.0 Å². The number of nitrogens with two attached hydrogens (primary N) is 1. The first-order chi connectivity index (χ1) is 11.5. The molecular formula is C16H18BrN5OS. The van der Waals surface area contributed by atoms with Crippen molar-refractivity contribution in [2.45, 2.75) is 31.5 Å². The maximum Gasteiger partial charge on any atom is 0.248 e. The Balaban J connectivity index is 2.11. The van der Waals surface area contributed by atoms with Crippen LogP contribution in [0, 0.1) is 0 Å². The molecule has 1 aromatic carbocycles. The molecule has 1 aliphatic heterocycles. The van der Waals surface area contributed by atoms with E-state index in [1.54, 1.807) is 16.4 Å². The first-order valence-electron chi connectivity index (χ1n) is 7.63. The van der Waals surface area contributed by atoms with Gasteiger partial charge in [-0.15, -0.1) is 5.10 Å². The summed E-state index contributed by atoms with van der Waals surface area (Å²) >= 11 is 5.08. The third kappa shape index (κ3) is 3.21. The lowest BCUT2D eigenvalue weighted by Gasteiger charge is -2.27. The smallest absolute Gasteiger partial charge is 0.248 e. The first kappa shape index (κ1) is 17.0. The number of hydrogen-bond donors (Lipinski definition) is 2. The summed E-state index contributed by atoms with van der Waals surface area (Å²) in [6.45, 7) is 3.95. The fraction of sp³-hybridized carbons (Fsp3) is 0.312. The average molecular weight is 408 g/mol. The Labute approximate surface area is 153 Å². The van der Waals surface area contributed by atoms with E-state index in [1.807, 2.05) is 31.2 Å². The topological polar surface area (TPSA) is 85.8 Å². The number of fused-ring (bicyclic) bond motifs is 1. The minimum Gasteiger partial charge on any atom is -0.366 e. The van der Waals surface area contributed by atoms with Crippen LogP contribution in [-0.2, 0) is 4.79 Å². The van der Waals surface area contributed by atoms with E-state index in [-0.39, 0.29) is 6.04 Å². The number of nitrogens with one attached hydrogen (secondary N) is 1. The number of carbonyl (C=O) groups excluding carboxylic acids is 1. The molecule has 1 atom stereocenters. The van der Waals surface area contributed by atoms with Gasteiger partial charge in [0.2, 0.25) is 17.0 Å². The summed E-state index contributed by atoms with van der Waals surface area (Å²) in [5.74, 6) is 1.11. The zero-order valence-electron chi connectivity index (χ0n) is 13.4. The molecule has 0 fully saturated rings. The zero-order valence-corrected chi connectivity index (χ0v) is 15.8. The molecule has 1 unspecified atom stereocenters. The number of nitrogens with zero attached hydrogens (tertiary/aromatic N) is 3. The Morgan fingerprint density at radius 2 is 2.29 bits per heavy atom. The van der Waals surface area contributed by atoms with Crippen LogP contribution in [0.5, 0.6) is 0 Å². The van der Waals surface area contributed by atoms with Crippen LogP contribution in [-0.4, -0.2) is 26.4 Å². The highest BCUT2D eigenvalue weighted by atomic mass is 79.9. The predicted octanol–water partition coefficient (Wildman–Crippen LogP) is 3.32. The van der Waals surface area contributed by atoms with Gasteiger partial charge in [0.05, 0.1) is 5.57 Å². The Morgan fingerprint density at radius 1 is 1.50 bits per heavy atom. The number of anilines is 1. The quantitative estimate of drug-likeness (QED) is 0.742. The normalized spacial score (nSPS) is 16.7. The van der Waals surface area contributed by atoms with Gasteiger partial charge < -0.3 is 11.1 Å². The number of primary amides is 1. The van der Waals surface area contributed by atoms with Crippen LogP contribution in [0.2, 0.25) is 0 Å². The maximum absolute atomic E-state index is 12.1. The van der Waals surface area contributed by atoms with Gasteiger partial charge in [0.25, 0.3) is 0 Å². The molecule has 6 nitrogen and oxygen atoms in total. The van der Waals surface area contributed by atoms with Crippen molar-refractivity contribution in [3.63, 3.8) is 0 Å². The van der Waals surface area contributed by atoms with E-state index < -0.39 is 5.91 Å². The molecule has 3 N–H and O–H groups in total. The molecule has 1 aliphatic rings. The lowest BCUT2D eigenvalue weighted by molar-refractivity contribution is -0.115. The van der Waals surface area contributed by atoms with Gasteiger partial charge in [-0.1, -0.05) is 46.7 Å². The molecule has 0 bridgehead atoms. The highest BCUT2D eigenvalue weighted by Gasteiger charge is 2.33. The molecule has 1 amide bonds. The number of hydrogen-bond acceptors (Lipinski definition) is 5. The van der Waals surface area contributed by atoms with Crippen molar-refractivity contribution in [3.8, 4) is 0 Å². The Hall–Kier alpha value is -1.80. The Morgan fingerprint density at radius 3 is 2.96 bits per heavy atom. The van der Waals surface area contributed by atoms with E-state index >= 15 is 0 Å². The number of halogens is 1. The summed E-state index contributed by atoms with van der Waals surface area (Å²) in [4.78, 5) is 16.6. The Bertz CT molecular complexity index is 817. The molecule has 0 saturated carbocycles. The molecule has 0 saturated heterocycles. The van der Waals surface area contributed by atoms with Crippen LogP contribution in [0.3, 0.4) is 0 Å². The monoisotopic (exact) mass is 407 g/mol. The molecule has 1 aromatic heterocycles. The molecule has 0 spiro atoms. The van der Waals surface area contributed by atoms with Crippen molar-refractivity contribution in [1.82, 2.24) is 14.8 Å². The second-order valence-corrected chi connectivity index (χ2v) is 7.47. The molecule has 2 aromatic rings. The van der Waals surface area contributed by atoms with E-state index in [0.717, 1.165) is 22.2 Å².